The maximum Gasteiger partial charge on any atom is 0.118 e. The van der Waals surface area contributed by atoms with Gasteiger partial charge in [-0.1, -0.05) is 62.7 Å². The van der Waals surface area contributed by atoms with Crippen molar-refractivity contribution < 1.29 is 9.84 Å². The highest BCUT2D eigenvalue weighted by molar-refractivity contribution is 5.30. The Hall–Kier alpha value is -1.84. The summed E-state index contributed by atoms with van der Waals surface area (Å²) in [6.45, 7) is 4.24. The van der Waals surface area contributed by atoms with Gasteiger partial charge >= 0.3 is 0 Å². The van der Waals surface area contributed by atoms with Crippen molar-refractivity contribution in [2.75, 3.05) is 7.11 Å². The van der Waals surface area contributed by atoms with Gasteiger partial charge in [0, 0.05) is 12.1 Å². The van der Waals surface area contributed by atoms with Crippen LogP contribution in [0.5, 0.6) is 5.75 Å². The lowest BCUT2D eigenvalue weighted by Crippen LogP contribution is -2.42. The van der Waals surface area contributed by atoms with E-state index in [9.17, 15) is 5.11 Å². The van der Waals surface area contributed by atoms with Gasteiger partial charge in [-0.3, -0.25) is 0 Å². The fourth-order valence-corrected chi connectivity index (χ4v) is 3.22. The monoisotopic (exact) mass is 341 g/mol. The van der Waals surface area contributed by atoms with Crippen LogP contribution in [-0.2, 0) is 6.42 Å². The maximum absolute atomic E-state index is 10.5. The molecule has 0 spiro atoms. The molecule has 3 nitrogen and oxygen atoms in total. The highest BCUT2D eigenvalue weighted by Crippen LogP contribution is 2.23. The Morgan fingerprint density at radius 2 is 1.68 bits per heavy atom. The van der Waals surface area contributed by atoms with E-state index in [2.05, 4.69) is 55.6 Å². The molecule has 2 rings (SSSR count). The number of methoxy groups -OCH3 is 1. The van der Waals surface area contributed by atoms with Crippen LogP contribution in [-0.4, -0.2) is 24.4 Å². The van der Waals surface area contributed by atoms with Crippen LogP contribution in [0.25, 0.3) is 0 Å². The summed E-state index contributed by atoms with van der Waals surface area (Å²) in [5, 5.41) is 14.2. The Labute approximate surface area is 152 Å². The van der Waals surface area contributed by atoms with Gasteiger partial charge in [0.2, 0.25) is 0 Å². The number of benzene rings is 2. The molecule has 25 heavy (non-hydrogen) atoms. The fraction of sp³-hybridized carbons (Fsp3) is 0.455. The molecule has 0 saturated carbocycles. The lowest BCUT2D eigenvalue weighted by atomic mass is 9.95. The summed E-state index contributed by atoms with van der Waals surface area (Å²) in [5.41, 5.74) is 2.50. The van der Waals surface area contributed by atoms with Gasteiger partial charge < -0.3 is 15.2 Å². The maximum atomic E-state index is 10.5. The van der Waals surface area contributed by atoms with Crippen LogP contribution in [0, 0.1) is 0 Å². The molecule has 0 saturated heterocycles. The molecule has 0 radical (unpaired) electrons. The second-order valence-corrected chi connectivity index (χ2v) is 6.55. The summed E-state index contributed by atoms with van der Waals surface area (Å²) in [6.07, 6.45) is 3.30. The van der Waals surface area contributed by atoms with Crippen LogP contribution in [0.4, 0.5) is 0 Å². The Morgan fingerprint density at radius 3 is 2.24 bits per heavy atom. The van der Waals surface area contributed by atoms with E-state index in [4.69, 9.17) is 4.74 Å². The van der Waals surface area contributed by atoms with Gasteiger partial charge in [0.1, 0.15) is 5.75 Å². The lowest BCUT2D eigenvalue weighted by molar-refractivity contribution is 0.108. The molecular weight excluding hydrogens is 310 g/mol. The Balaban J connectivity index is 2.20. The molecule has 0 aliphatic heterocycles. The molecule has 2 aromatic rings. The molecular formula is C22H31NO2. The van der Waals surface area contributed by atoms with Gasteiger partial charge in [0.15, 0.2) is 0 Å². The third kappa shape index (κ3) is 5.87. The molecule has 0 bridgehead atoms. The van der Waals surface area contributed by atoms with Crippen molar-refractivity contribution >= 4 is 0 Å². The first-order valence-corrected chi connectivity index (χ1v) is 9.29. The summed E-state index contributed by atoms with van der Waals surface area (Å²) < 4.78 is 5.28. The molecule has 0 heterocycles. The van der Waals surface area contributed by atoms with Gasteiger partial charge in [-0.05, 0) is 42.5 Å². The zero-order valence-electron chi connectivity index (χ0n) is 15.6. The van der Waals surface area contributed by atoms with E-state index >= 15 is 0 Å². The number of aliphatic hydroxyl groups excluding tert-OH is 1. The molecule has 3 unspecified atom stereocenters. The molecule has 0 amide bonds. The topological polar surface area (TPSA) is 41.5 Å². The smallest absolute Gasteiger partial charge is 0.118 e. The SMILES string of the molecule is CCCC(O)C(CC)NC(Cc1ccccc1)c1ccc(OC)cc1. The minimum Gasteiger partial charge on any atom is -0.497 e. The molecule has 0 aliphatic carbocycles. The minimum atomic E-state index is -0.313. The summed E-state index contributed by atoms with van der Waals surface area (Å²) >= 11 is 0. The van der Waals surface area contributed by atoms with Crippen molar-refractivity contribution in [3.05, 3.63) is 65.7 Å². The lowest BCUT2D eigenvalue weighted by Gasteiger charge is -2.29. The molecule has 0 aliphatic rings. The van der Waals surface area contributed by atoms with Crippen LogP contribution in [0.3, 0.4) is 0 Å². The molecule has 0 fully saturated rings. The molecule has 3 heteroatoms. The van der Waals surface area contributed by atoms with Gasteiger partial charge in [0.25, 0.3) is 0 Å². The molecule has 2 N–H and O–H groups in total. The van der Waals surface area contributed by atoms with Crippen LogP contribution < -0.4 is 10.1 Å². The number of aliphatic hydroxyl groups is 1. The summed E-state index contributed by atoms with van der Waals surface area (Å²) in [4.78, 5) is 0. The number of ether oxygens (including phenoxy) is 1. The molecule has 0 aromatic heterocycles. The highest BCUT2D eigenvalue weighted by atomic mass is 16.5. The van der Waals surface area contributed by atoms with Crippen molar-refractivity contribution in [3.8, 4) is 5.75 Å². The molecule has 3 atom stereocenters. The second-order valence-electron chi connectivity index (χ2n) is 6.55. The second kappa shape index (κ2) is 10.2. The third-order valence-electron chi connectivity index (χ3n) is 4.70. The van der Waals surface area contributed by atoms with Crippen molar-refractivity contribution in [2.45, 2.75) is 57.7 Å². The first-order valence-electron chi connectivity index (χ1n) is 9.29. The quantitative estimate of drug-likeness (QED) is 0.668. The van der Waals surface area contributed by atoms with Crippen molar-refractivity contribution in [3.63, 3.8) is 0 Å². The van der Waals surface area contributed by atoms with Crippen molar-refractivity contribution in [2.24, 2.45) is 0 Å². The van der Waals surface area contributed by atoms with Gasteiger partial charge in [-0.25, -0.2) is 0 Å². The minimum absolute atomic E-state index is 0.0933. The van der Waals surface area contributed by atoms with Gasteiger partial charge in [-0.2, -0.15) is 0 Å². The Bertz CT molecular complexity index is 597. The van der Waals surface area contributed by atoms with Crippen molar-refractivity contribution in [1.82, 2.24) is 5.32 Å². The number of hydrogen-bond donors (Lipinski definition) is 2. The van der Waals surface area contributed by atoms with Crippen LogP contribution >= 0.6 is 0 Å². The molecule has 136 valence electrons. The van der Waals surface area contributed by atoms with Crippen LogP contribution in [0.1, 0.15) is 50.3 Å². The number of hydrogen-bond acceptors (Lipinski definition) is 3. The zero-order chi connectivity index (χ0) is 18.1. The Kier molecular flexibility index (Phi) is 7.96. The zero-order valence-corrected chi connectivity index (χ0v) is 15.6. The van der Waals surface area contributed by atoms with Gasteiger partial charge in [-0.15, -0.1) is 0 Å². The van der Waals surface area contributed by atoms with E-state index in [-0.39, 0.29) is 18.2 Å². The van der Waals surface area contributed by atoms with Crippen LogP contribution in [0.2, 0.25) is 0 Å². The summed E-state index contributed by atoms with van der Waals surface area (Å²) in [5.74, 6) is 0.861. The van der Waals surface area contributed by atoms with E-state index in [1.807, 2.05) is 18.2 Å². The predicted molar refractivity (Wildman–Crippen MR) is 104 cm³/mol. The van der Waals surface area contributed by atoms with E-state index in [1.165, 1.54) is 11.1 Å². The fourth-order valence-electron chi connectivity index (χ4n) is 3.22. The van der Waals surface area contributed by atoms with E-state index < -0.39 is 0 Å². The third-order valence-corrected chi connectivity index (χ3v) is 4.70. The standard InChI is InChI=1S/C22H31NO2/c1-4-9-22(24)20(5-2)23-21(16-17-10-7-6-8-11-17)18-12-14-19(25-3)15-13-18/h6-8,10-15,20-24H,4-5,9,16H2,1-3H3. The largest absolute Gasteiger partial charge is 0.497 e. The van der Waals surface area contributed by atoms with Gasteiger partial charge in [0.05, 0.1) is 13.2 Å². The first-order chi connectivity index (χ1) is 12.2. The summed E-state index contributed by atoms with van der Waals surface area (Å²) in [6, 6.07) is 19.0. The predicted octanol–water partition coefficient (Wildman–Crippen LogP) is 4.51. The van der Waals surface area contributed by atoms with E-state index in [0.29, 0.717) is 0 Å². The first kappa shape index (κ1) is 19.5. The number of rotatable bonds is 10. The Morgan fingerprint density at radius 1 is 1.00 bits per heavy atom. The van der Waals surface area contributed by atoms with Crippen molar-refractivity contribution in [1.29, 1.82) is 0 Å². The average molecular weight is 341 g/mol. The van der Waals surface area contributed by atoms with E-state index in [0.717, 1.165) is 31.4 Å². The van der Waals surface area contributed by atoms with Crippen LogP contribution in [0.15, 0.2) is 54.6 Å². The highest BCUT2D eigenvalue weighted by Gasteiger charge is 2.22. The summed E-state index contributed by atoms with van der Waals surface area (Å²) in [7, 11) is 1.68. The van der Waals surface area contributed by atoms with E-state index in [1.54, 1.807) is 7.11 Å². The normalized spacial score (nSPS) is 14.7. The molecule has 2 aromatic carbocycles. The average Bonchev–Trinajstić information content (AvgIpc) is 2.66. The number of nitrogens with one attached hydrogen (secondary N) is 1.